The quantitative estimate of drug-likeness (QED) is 0.270. The molecule has 0 bridgehead atoms. The molecule has 1 fully saturated rings. The number of nitrogens with one attached hydrogen (secondary N) is 1. The predicted octanol–water partition coefficient (Wildman–Crippen LogP) is 3.16. The Balaban J connectivity index is 1.94. The summed E-state index contributed by atoms with van der Waals surface area (Å²) in [6.45, 7) is 3.40. The Kier molecular flexibility index (Phi) is 5.10. The Morgan fingerprint density at radius 3 is 2.68 bits per heavy atom. The van der Waals surface area contributed by atoms with Crippen LogP contribution in [0.5, 0.6) is 0 Å². The van der Waals surface area contributed by atoms with Crippen molar-refractivity contribution in [2.75, 3.05) is 6.54 Å². The lowest BCUT2D eigenvalue weighted by molar-refractivity contribution is -0.384. The Labute approximate surface area is 163 Å². The first-order chi connectivity index (χ1) is 13.3. The van der Waals surface area contributed by atoms with Crippen LogP contribution in [-0.4, -0.2) is 34.2 Å². The number of barbiturate groups is 1. The summed E-state index contributed by atoms with van der Waals surface area (Å²) in [5, 5.41) is 13.1. The maximum Gasteiger partial charge on any atom is 0.331 e. The smallest absolute Gasteiger partial charge is 0.331 e. The summed E-state index contributed by atoms with van der Waals surface area (Å²) in [4.78, 5) is 47.3. The molecular weight excluding hydrogens is 390 g/mol. The van der Waals surface area contributed by atoms with Crippen LogP contribution >= 0.6 is 11.6 Å². The van der Waals surface area contributed by atoms with E-state index in [0.29, 0.717) is 5.56 Å². The van der Waals surface area contributed by atoms with Gasteiger partial charge in [-0.2, -0.15) is 0 Å². The van der Waals surface area contributed by atoms with Crippen LogP contribution in [0.15, 0.2) is 53.0 Å². The maximum atomic E-state index is 12.4. The van der Waals surface area contributed by atoms with Crippen molar-refractivity contribution in [3.8, 4) is 11.3 Å². The second-order valence-electron chi connectivity index (χ2n) is 5.65. The predicted molar refractivity (Wildman–Crippen MR) is 99.2 cm³/mol. The molecule has 2 aromatic rings. The molecule has 1 saturated heterocycles. The van der Waals surface area contributed by atoms with E-state index in [4.69, 9.17) is 16.0 Å². The SMILES string of the molecule is C=CCN1C(=O)NC(=O)/C(=C\c2ccc(-c3ccc(Cl)c([N+](=O)[O-])c3)o2)C1=O. The molecule has 28 heavy (non-hydrogen) atoms. The zero-order chi connectivity index (χ0) is 20.4. The second kappa shape index (κ2) is 7.49. The zero-order valence-corrected chi connectivity index (χ0v) is 14.9. The number of benzene rings is 1. The molecule has 3 rings (SSSR count). The third-order valence-corrected chi connectivity index (χ3v) is 4.16. The van der Waals surface area contributed by atoms with E-state index in [-0.39, 0.29) is 34.3 Å². The van der Waals surface area contributed by atoms with Crippen LogP contribution in [0.4, 0.5) is 10.5 Å². The summed E-state index contributed by atoms with van der Waals surface area (Å²) >= 11 is 5.79. The summed E-state index contributed by atoms with van der Waals surface area (Å²) in [5.41, 5.74) is -0.177. The van der Waals surface area contributed by atoms with E-state index in [2.05, 4.69) is 11.9 Å². The van der Waals surface area contributed by atoms with Crippen molar-refractivity contribution in [1.29, 1.82) is 0 Å². The van der Waals surface area contributed by atoms with Crippen molar-refractivity contribution < 1.29 is 23.7 Å². The molecule has 10 heteroatoms. The number of nitro benzene ring substituents is 1. The van der Waals surface area contributed by atoms with Gasteiger partial charge in [0, 0.05) is 18.2 Å². The molecule has 1 aliphatic heterocycles. The Hall–Kier alpha value is -3.72. The van der Waals surface area contributed by atoms with Gasteiger partial charge in [0.25, 0.3) is 17.5 Å². The number of hydrogen-bond acceptors (Lipinski definition) is 6. The fourth-order valence-corrected chi connectivity index (χ4v) is 2.71. The van der Waals surface area contributed by atoms with Gasteiger partial charge in [0.2, 0.25) is 0 Å². The molecule has 1 aromatic heterocycles. The van der Waals surface area contributed by atoms with E-state index in [1.807, 2.05) is 0 Å². The Morgan fingerprint density at radius 1 is 1.25 bits per heavy atom. The number of carbonyl (C=O) groups excluding carboxylic acids is 3. The largest absolute Gasteiger partial charge is 0.457 e. The summed E-state index contributed by atoms with van der Waals surface area (Å²) < 4.78 is 5.57. The minimum Gasteiger partial charge on any atom is -0.457 e. The average Bonchev–Trinajstić information content (AvgIpc) is 3.11. The van der Waals surface area contributed by atoms with Crippen LogP contribution in [0.1, 0.15) is 5.76 Å². The fourth-order valence-electron chi connectivity index (χ4n) is 2.52. The molecule has 0 unspecified atom stereocenters. The number of nitro groups is 1. The topological polar surface area (TPSA) is 123 Å². The summed E-state index contributed by atoms with van der Waals surface area (Å²) in [7, 11) is 0. The number of amides is 4. The average molecular weight is 402 g/mol. The Bertz CT molecular complexity index is 1060. The molecule has 1 N–H and O–H groups in total. The lowest BCUT2D eigenvalue weighted by Crippen LogP contribution is -2.54. The molecule has 4 amide bonds. The highest BCUT2D eigenvalue weighted by Gasteiger charge is 2.35. The minimum atomic E-state index is -0.851. The van der Waals surface area contributed by atoms with Gasteiger partial charge in [0.1, 0.15) is 22.1 Å². The number of nitrogens with zero attached hydrogens (tertiary/aromatic N) is 2. The van der Waals surface area contributed by atoms with E-state index in [1.54, 1.807) is 0 Å². The fraction of sp³-hybridized carbons (Fsp3) is 0.0556. The first-order valence-electron chi connectivity index (χ1n) is 7.85. The van der Waals surface area contributed by atoms with Crippen molar-refractivity contribution in [2.24, 2.45) is 0 Å². The van der Waals surface area contributed by atoms with E-state index in [1.165, 1.54) is 42.5 Å². The first-order valence-corrected chi connectivity index (χ1v) is 8.23. The molecule has 0 saturated carbocycles. The van der Waals surface area contributed by atoms with Gasteiger partial charge in [-0.3, -0.25) is 29.9 Å². The van der Waals surface area contributed by atoms with Gasteiger partial charge in [0.05, 0.1) is 4.92 Å². The zero-order valence-electron chi connectivity index (χ0n) is 14.2. The highest BCUT2D eigenvalue weighted by atomic mass is 35.5. The summed E-state index contributed by atoms with van der Waals surface area (Å²) in [5.74, 6) is -1.21. The van der Waals surface area contributed by atoms with Crippen LogP contribution in [-0.2, 0) is 9.59 Å². The van der Waals surface area contributed by atoms with Crippen LogP contribution in [0, 0.1) is 10.1 Å². The monoisotopic (exact) mass is 401 g/mol. The lowest BCUT2D eigenvalue weighted by Gasteiger charge is -2.24. The van der Waals surface area contributed by atoms with Crippen LogP contribution in [0.25, 0.3) is 17.4 Å². The third-order valence-electron chi connectivity index (χ3n) is 3.84. The highest BCUT2D eigenvalue weighted by Crippen LogP contribution is 2.31. The highest BCUT2D eigenvalue weighted by molar-refractivity contribution is 6.32. The second-order valence-corrected chi connectivity index (χ2v) is 6.05. The van der Waals surface area contributed by atoms with Crippen LogP contribution in [0.3, 0.4) is 0 Å². The molecule has 0 spiro atoms. The maximum absolute atomic E-state index is 12.4. The number of carbonyl (C=O) groups is 3. The van der Waals surface area contributed by atoms with E-state index in [9.17, 15) is 24.5 Å². The molecule has 142 valence electrons. The normalized spacial score (nSPS) is 15.7. The van der Waals surface area contributed by atoms with Crippen LogP contribution < -0.4 is 5.32 Å². The standard InChI is InChI=1S/C18H12ClN3O6/c1-2-7-21-17(24)12(16(23)20-18(21)25)9-11-4-6-15(28-11)10-3-5-13(19)14(8-10)22(26)27/h2-6,8-9H,1,7H2,(H,20,23,25)/b12-9+. The van der Waals surface area contributed by atoms with Gasteiger partial charge in [-0.15, -0.1) is 6.58 Å². The molecule has 1 aromatic carbocycles. The van der Waals surface area contributed by atoms with E-state index < -0.39 is 22.8 Å². The van der Waals surface area contributed by atoms with Gasteiger partial charge in [-0.25, -0.2) is 4.79 Å². The van der Waals surface area contributed by atoms with E-state index >= 15 is 0 Å². The Morgan fingerprint density at radius 2 is 2.00 bits per heavy atom. The molecule has 2 heterocycles. The van der Waals surface area contributed by atoms with Crippen molar-refractivity contribution in [1.82, 2.24) is 10.2 Å². The first kappa shape index (κ1) is 19.1. The number of rotatable bonds is 5. The van der Waals surface area contributed by atoms with Gasteiger partial charge in [0.15, 0.2) is 0 Å². The van der Waals surface area contributed by atoms with Crippen molar-refractivity contribution in [3.63, 3.8) is 0 Å². The van der Waals surface area contributed by atoms with Gasteiger partial charge >= 0.3 is 6.03 Å². The number of halogens is 1. The molecule has 0 aliphatic carbocycles. The summed E-state index contributed by atoms with van der Waals surface area (Å²) in [6.07, 6.45) is 2.54. The van der Waals surface area contributed by atoms with Crippen LogP contribution in [0.2, 0.25) is 5.02 Å². The van der Waals surface area contributed by atoms with Gasteiger partial charge in [-0.05, 0) is 30.3 Å². The van der Waals surface area contributed by atoms with Gasteiger partial charge in [-0.1, -0.05) is 17.7 Å². The number of urea groups is 1. The molecule has 0 radical (unpaired) electrons. The summed E-state index contributed by atoms with van der Waals surface area (Å²) in [6, 6.07) is 6.33. The van der Waals surface area contributed by atoms with Crippen molar-refractivity contribution in [3.05, 3.63) is 69.5 Å². The third kappa shape index (κ3) is 3.55. The van der Waals surface area contributed by atoms with Gasteiger partial charge < -0.3 is 4.42 Å². The molecule has 9 nitrogen and oxygen atoms in total. The number of hydrogen-bond donors (Lipinski definition) is 1. The van der Waals surface area contributed by atoms with Crippen molar-refractivity contribution >= 4 is 41.2 Å². The molecule has 1 aliphatic rings. The molecule has 0 atom stereocenters. The van der Waals surface area contributed by atoms with E-state index in [0.717, 1.165) is 4.90 Å². The van der Waals surface area contributed by atoms with Crippen molar-refractivity contribution in [2.45, 2.75) is 0 Å². The number of furan rings is 1. The number of imide groups is 2. The molecular formula is C18H12ClN3O6. The minimum absolute atomic E-state index is 0.0147. The lowest BCUT2D eigenvalue weighted by atomic mass is 10.1.